The molecule has 4 aromatic heterocycles. The Kier molecular flexibility index (Phi) is 9.51. The first-order chi connectivity index (χ1) is 18.7. The molecule has 2 N–H and O–H groups in total. The second-order valence-corrected chi connectivity index (χ2v) is 11.2. The average Bonchev–Trinajstić information content (AvgIpc) is 3.62. The first-order valence-corrected chi connectivity index (χ1v) is 12.8. The number of pyridine rings is 2. The number of benzene rings is 1. The summed E-state index contributed by atoms with van der Waals surface area (Å²) in [4.78, 5) is 42.2. The van der Waals surface area contributed by atoms with Crippen LogP contribution in [0.1, 0.15) is 55.4 Å². The number of carbonyl (C=O) groups is 2. The second-order valence-electron chi connectivity index (χ2n) is 11.2. The van der Waals surface area contributed by atoms with Crippen molar-refractivity contribution in [3.05, 3.63) is 90.4 Å². The van der Waals surface area contributed by atoms with E-state index in [2.05, 4.69) is 49.5 Å². The molecule has 0 radical (unpaired) electrons. The van der Waals surface area contributed by atoms with E-state index in [-0.39, 0.29) is 48.3 Å². The lowest BCUT2D eigenvalue weighted by Crippen LogP contribution is -2.49. The Bertz CT molecular complexity index is 1750. The first-order valence-electron chi connectivity index (χ1n) is 12.8. The van der Waals surface area contributed by atoms with Crippen LogP contribution in [-0.2, 0) is 10.2 Å². The maximum Gasteiger partial charge on any atom is 0.326 e. The molecule has 1 aromatic carbocycles. The minimum atomic E-state index is -1.09. The van der Waals surface area contributed by atoms with Crippen molar-refractivity contribution >= 4 is 65.8 Å². The highest BCUT2D eigenvalue weighted by molar-refractivity contribution is 5.95. The number of carbonyl (C=O) groups excluding carboxylic acids is 1. The van der Waals surface area contributed by atoms with Gasteiger partial charge in [0.2, 0.25) is 5.78 Å². The van der Waals surface area contributed by atoms with Crippen molar-refractivity contribution in [2.24, 2.45) is 5.41 Å². The lowest BCUT2D eigenvalue weighted by atomic mass is 9.86. The third-order valence-corrected chi connectivity index (χ3v) is 7.48. The van der Waals surface area contributed by atoms with E-state index in [9.17, 15) is 14.7 Å². The number of amides is 1. The molecular formula is C30H31Cl3N6O3. The zero-order chi connectivity index (χ0) is 27.4. The molecule has 1 aliphatic carbocycles. The number of carboxylic acid groups (broad SMARTS) is 1. The van der Waals surface area contributed by atoms with Crippen molar-refractivity contribution in [1.29, 1.82) is 0 Å². The molecule has 1 fully saturated rings. The SMILES string of the molecule is CC(C)(C)[C@H](NC(=O)c1ccc(-c2cnc3ncc(C4(c5ccc6ncccc6c5)CC4)n3c2)cn1)C(=O)O.Cl.Cl.Cl. The highest BCUT2D eigenvalue weighted by Crippen LogP contribution is 2.53. The molecule has 5 aromatic rings. The Morgan fingerprint density at radius 2 is 1.64 bits per heavy atom. The Labute approximate surface area is 261 Å². The number of imidazole rings is 1. The molecule has 0 saturated heterocycles. The van der Waals surface area contributed by atoms with Gasteiger partial charge in [0, 0.05) is 46.7 Å². The molecule has 42 heavy (non-hydrogen) atoms. The number of nitrogens with zero attached hydrogens (tertiary/aromatic N) is 5. The molecule has 0 aliphatic heterocycles. The number of halogens is 3. The van der Waals surface area contributed by atoms with Crippen molar-refractivity contribution in [3.63, 3.8) is 0 Å². The van der Waals surface area contributed by atoms with E-state index in [0.29, 0.717) is 5.78 Å². The lowest BCUT2D eigenvalue weighted by molar-refractivity contribution is -0.142. The topological polar surface area (TPSA) is 122 Å². The van der Waals surface area contributed by atoms with Crippen LogP contribution < -0.4 is 5.32 Å². The van der Waals surface area contributed by atoms with Crippen LogP contribution >= 0.6 is 37.2 Å². The molecule has 6 rings (SSSR count). The summed E-state index contributed by atoms with van der Waals surface area (Å²) < 4.78 is 2.04. The molecule has 1 aliphatic rings. The molecule has 0 spiro atoms. The van der Waals surface area contributed by atoms with Gasteiger partial charge < -0.3 is 10.4 Å². The molecule has 0 unspecified atom stereocenters. The van der Waals surface area contributed by atoms with Gasteiger partial charge in [-0.05, 0) is 48.1 Å². The molecule has 220 valence electrons. The number of fused-ring (bicyclic) bond motifs is 2. The highest BCUT2D eigenvalue weighted by Gasteiger charge is 2.48. The number of aliphatic carboxylic acids is 1. The van der Waals surface area contributed by atoms with E-state index in [1.54, 1.807) is 51.5 Å². The maximum absolute atomic E-state index is 12.7. The van der Waals surface area contributed by atoms with Crippen molar-refractivity contribution < 1.29 is 14.7 Å². The third kappa shape index (κ3) is 5.90. The van der Waals surface area contributed by atoms with Crippen molar-refractivity contribution in [2.75, 3.05) is 0 Å². The largest absolute Gasteiger partial charge is 0.480 e. The highest BCUT2D eigenvalue weighted by atomic mass is 35.5. The molecule has 1 amide bonds. The van der Waals surface area contributed by atoms with E-state index >= 15 is 0 Å². The summed E-state index contributed by atoms with van der Waals surface area (Å²) in [7, 11) is 0. The Balaban J connectivity index is 0.00000161. The number of hydrogen-bond acceptors (Lipinski definition) is 6. The average molecular weight is 630 g/mol. The van der Waals surface area contributed by atoms with Crippen LogP contribution in [0.2, 0.25) is 0 Å². The van der Waals surface area contributed by atoms with Gasteiger partial charge in [-0.2, -0.15) is 0 Å². The van der Waals surface area contributed by atoms with Crippen LogP contribution in [0.3, 0.4) is 0 Å². The lowest BCUT2D eigenvalue weighted by Gasteiger charge is -2.27. The molecule has 1 saturated carbocycles. The molecule has 9 nitrogen and oxygen atoms in total. The van der Waals surface area contributed by atoms with Gasteiger partial charge in [-0.25, -0.2) is 14.8 Å². The van der Waals surface area contributed by atoms with Crippen LogP contribution in [0.15, 0.2) is 73.4 Å². The zero-order valence-electron chi connectivity index (χ0n) is 23.1. The van der Waals surface area contributed by atoms with Crippen LogP contribution in [0.25, 0.3) is 27.8 Å². The first kappa shape index (κ1) is 32.7. The molecule has 12 heteroatoms. The van der Waals surface area contributed by atoms with Gasteiger partial charge in [0.25, 0.3) is 5.91 Å². The Morgan fingerprint density at radius 3 is 2.29 bits per heavy atom. The predicted octanol–water partition coefficient (Wildman–Crippen LogP) is 5.91. The van der Waals surface area contributed by atoms with Gasteiger partial charge in [-0.3, -0.25) is 19.2 Å². The van der Waals surface area contributed by atoms with Crippen LogP contribution in [-0.4, -0.2) is 47.4 Å². The summed E-state index contributed by atoms with van der Waals surface area (Å²) in [6.45, 7) is 5.29. The minimum Gasteiger partial charge on any atom is -0.480 e. The quantitative estimate of drug-likeness (QED) is 0.239. The summed E-state index contributed by atoms with van der Waals surface area (Å²) in [6.07, 6.45) is 11.1. The fourth-order valence-electron chi connectivity index (χ4n) is 5.12. The minimum absolute atomic E-state index is 0. The molecular weight excluding hydrogens is 599 g/mol. The summed E-state index contributed by atoms with van der Waals surface area (Å²) in [5, 5.41) is 13.2. The predicted molar refractivity (Wildman–Crippen MR) is 168 cm³/mol. The normalized spacial score (nSPS) is 14.2. The summed E-state index contributed by atoms with van der Waals surface area (Å²) >= 11 is 0. The van der Waals surface area contributed by atoms with Crippen molar-refractivity contribution in [2.45, 2.75) is 45.1 Å². The Morgan fingerprint density at radius 1 is 0.929 bits per heavy atom. The van der Waals surface area contributed by atoms with Crippen molar-refractivity contribution in [1.82, 2.24) is 29.7 Å². The third-order valence-electron chi connectivity index (χ3n) is 7.48. The van der Waals surface area contributed by atoms with E-state index < -0.39 is 23.3 Å². The van der Waals surface area contributed by atoms with E-state index in [0.717, 1.165) is 40.6 Å². The number of nitrogens with one attached hydrogen (secondary N) is 1. The van der Waals surface area contributed by atoms with Gasteiger partial charge >= 0.3 is 5.97 Å². The van der Waals surface area contributed by atoms with Crippen molar-refractivity contribution in [3.8, 4) is 11.1 Å². The second kappa shape index (κ2) is 12.2. The monoisotopic (exact) mass is 628 g/mol. The van der Waals surface area contributed by atoms with Gasteiger partial charge in [0.15, 0.2) is 0 Å². The van der Waals surface area contributed by atoms with Crippen LogP contribution in [0.4, 0.5) is 0 Å². The fraction of sp³-hybridized carbons (Fsp3) is 0.267. The maximum atomic E-state index is 12.7. The summed E-state index contributed by atoms with van der Waals surface area (Å²) in [6, 6.07) is 12.8. The fourth-order valence-corrected chi connectivity index (χ4v) is 5.12. The number of rotatable bonds is 6. The van der Waals surface area contributed by atoms with Gasteiger partial charge in [-0.1, -0.05) is 39.0 Å². The van der Waals surface area contributed by atoms with Gasteiger partial charge in [0.1, 0.15) is 11.7 Å². The zero-order valence-corrected chi connectivity index (χ0v) is 25.6. The number of aromatic nitrogens is 5. The van der Waals surface area contributed by atoms with Crippen LogP contribution in [0, 0.1) is 5.41 Å². The Hall–Kier alpha value is -3.79. The molecule has 0 bridgehead atoms. The van der Waals surface area contributed by atoms with Gasteiger partial charge in [-0.15, -0.1) is 37.2 Å². The van der Waals surface area contributed by atoms with Crippen LogP contribution in [0.5, 0.6) is 0 Å². The number of hydrogen-bond donors (Lipinski definition) is 2. The van der Waals surface area contributed by atoms with E-state index in [4.69, 9.17) is 0 Å². The smallest absolute Gasteiger partial charge is 0.326 e. The van der Waals surface area contributed by atoms with E-state index in [1.165, 1.54) is 5.56 Å². The summed E-state index contributed by atoms with van der Waals surface area (Å²) in [5.41, 5.74) is 4.29. The standard InChI is InChI=1S/C30H28N6O3.3ClH/c1-29(2,3)25(27(38)39)35-26(37)23-8-6-19(14-32-23)20-15-33-28-34-16-24(36(28)17-20)30(10-11-30)21-7-9-22-18(13-21)5-4-12-31-22;;;/h4-9,12-17,25H,10-11H2,1-3H3,(H,35,37)(H,38,39);3*1H/t25-;;;/m1.../s1. The van der Waals surface area contributed by atoms with E-state index in [1.807, 2.05) is 22.9 Å². The molecule has 1 atom stereocenters. The molecule has 4 heterocycles. The number of carboxylic acids is 1. The van der Waals surface area contributed by atoms with Gasteiger partial charge in [0.05, 0.1) is 17.4 Å². The summed E-state index contributed by atoms with van der Waals surface area (Å²) in [5.74, 6) is -0.999.